The Labute approximate surface area is 204 Å². The van der Waals surface area contributed by atoms with Gasteiger partial charge in [-0.05, 0) is 72.4 Å². The third-order valence-electron chi connectivity index (χ3n) is 8.04. The van der Waals surface area contributed by atoms with Gasteiger partial charge in [0.1, 0.15) is 11.6 Å². The van der Waals surface area contributed by atoms with Crippen LogP contribution in [0.15, 0.2) is 47.5 Å². The molecule has 3 aromatic rings. The summed E-state index contributed by atoms with van der Waals surface area (Å²) in [4.78, 5) is 4.70. The zero-order chi connectivity index (χ0) is 25.2. The summed E-state index contributed by atoms with van der Waals surface area (Å²) in [6.07, 6.45) is 2.16. The van der Waals surface area contributed by atoms with E-state index in [1.165, 1.54) is 18.2 Å². The Hall–Kier alpha value is -2.74. The molecule has 0 N–H and O–H groups in total. The minimum absolute atomic E-state index is 0.0497. The van der Waals surface area contributed by atoms with Gasteiger partial charge in [0.25, 0.3) is 0 Å². The van der Waals surface area contributed by atoms with Gasteiger partial charge in [0.05, 0.1) is 33.8 Å². The van der Waals surface area contributed by atoms with Crippen molar-refractivity contribution in [2.75, 3.05) is 5.75 Å². The van der Waals surface area contributed by atoms with E-state index >= 15 is 0 Å². The lowest BCUT2D eigenvalue weighted by molar-refractivity contribution is 0.242. The van der Waals surface area contributed by atoms with Crippen molar-refractivity contribution in [1.29, 1.82) is 0 Å². The van der Waals surface area contributed by atoms with Gasteiger partial charge in [-0.15, -0.1) is 5.10 Å². The molecule has 1 aromatic carbocycles. The molecule has 8 heteroatoms. The maximum atomic E-state index is 14.5. The molecule has 184 valence electrons. The second-order valence-electron chi connectivity index (χ2n) is 10.7. The Kier molecular flexibility index (Phi) is 5.58. The molecule has 0 unspecified atom stereocenters. The van der Waals surface area contributed by atoms with Crippen LogP contribution in [0, 0.1) is 23.0 Å². The maximum Gasteiger partial charge on any atom is 0.195 e. The molecule has 0 amide bonds. The normalized spacial score (nSPS) is 22.5. The highest BCUT2D eigenvalue weighted by Crippen LogP contribution is 2.69. The van der Waals surface area contributed by atoms with Crippen molar-refractivity contribution in [1.82, 2.24) is 15.2 Å². The average Bonchev–Trinajstić information content (AvgIpc) is 3.19. The van der Waals surface area contributed by atoms with Crippen molar-refractivity contribution in [3.63, 3.8) is 0 Å². The van der Waals surface area contributed by atoms with E-state index in [1.807, 2.05) is 19.9 Å². The molecule has 2 heterocycles. The summed E-state index contributed by atoms with van der Waals surface area (Å²) in [5.41, 5.74) is 1.31. The van der Waals surface area contributed by atoms with Gasteiger partial charge in [0.15, 0.2) is 14.9 Å². The minimum atomic E-state index is -3.53. The third kappa shape index (κ3) is 3.51. The van der Waals surface area contributed by atoms with E-state index in [1.54, 1.807) is 18.2 Å². The molecule has 2 bridgehead atoms. The Morgan fingerprint density at radius 1 is 1.06 bits per heavy atom. The number of hydrogen-bond acceptors (Lipinski definition) is 5. The number of aromatic nitrogens is 3. The first-order valence-electron chi connectivity index (χ1n) is 12.0. The molecular formula is C27H29F2N3O2S. The van der Waals surface area contributed by atoms with Crippen LogP contribution in [0.4, 0.5) is 8.78 Å². The number of benzene rings is 1. The molecule has 2 atom stereocenters. The van der Waals surface area contributed by atoms with Crippen LogP contribution < -0.4 is 0 Å². The smallest absolute Gasteiger partial charge is 0.195 e. The van der Waals surface area contributed by atoms with Crippen LogP contribution >= 0.6 is 0 Å². The van der Waals surface area contributed by atoms with Crippen LogP contribution in [0.2, 0.25) is 0 Å². The van der Waals surface area contributed by atoms with Gasteiger partial charge in [0.2, 0.25) is 0 Å². The van der Waals surface area contributed by atoms with Crippen LogP contribution in [0.3, 0.4) is 0 Å². The SMILES string of the molecule is CC(C)CCS(=O)(=O)c1cccc([C@@]23CC[C@@H](c4cc(-c5c(F)cccc5F)nnc42)C3(C)C)n1. The predicted octanol–water partition coefficient (Wildman–Crippen LogP) is 5.84. The summed E-state index contributed by atoms with van der Waals surface area (Å²) in [7, 11) is -3.53. The third-order valence-corrected chi connectivity index (χ3v) is 9.68. The van der Waals surface area contributed by atoms with Crippen molar-refractivity contribution in [3.8, 4) is 11.3 Å². The number of hydrogen-bond donors (Lipinski definition) is 0. The number of pyridine rings is 1. The maximum absolute atomic E-state index is 14.5. The quantitative estimate of drug-likeness (QED) is 0.428. The van der Waals surface area contributed by atoms with E-state index in [2.05, 4.69) is 24.0 Å². The number of fused-ring (bicyclic) bond motifs is 5. The van der Waals surface area contributed by atoms with Crippen LogP contribution in [-0.2, 0) is 15.3 Å². The predicted molar refractivity (Wildman–Crippen MR) is 130 cm³/mol. The topological polar surface area (TPSA) is 72.8 Å². The fraction of sp³-hybridized carbons (Fsp3) is 0.444. The van der Waals surface area contributed by atoms with Gasteiger partial charge < -0.3 is 0 Å². The van der Waals surface area contributed by atoms with Gasteiger partial charge >= 0.3 is 0 Å². The Balaban J connectivity index is 1.63. The van der Waals surface area contributed by atoms with Gasteiger partial charge in [-0.25, -0.2) is 22.2 Å². The molecule has 0 radical (unpaired) electrons. The van der Waals surface area contributed by atoms with Gasteiger partial charge in [-0.2, -0.15) is 5.10 Å². The lowest BCUT2D eigenvalue weighted by atomic mass is 9.66. The summed E-state index contributed by atoms with van der Waals surface area (Å²) in [5.74, 6) is -0.959. The van der Waals surface area contributed by atoms with Crippen molar-refractivity contribution in [2.24, 2.45) is 11.3 Å². The zero-order valence-electron chi connectivity index (χ0n) is 20.3. The van der Waals surface area contributed by atoms with Crippen molar-refractivity contribution in [2.45, 2.75) is 63.3 Å². The largest absolute Gasteiger partial charge is 0.240 e. The molecule has 0 spiro atoms. The van der Waals surface area contributed by atoms with Crippen LogP contribution in [-0.4, -0.2) is 29.4 Å². The lowest BCUT2D eigenvalue weighted by Crippen LogP contribution is -2.38. The van der Waals surface area contributed by atoms with E-state index in [-0.39, 0.29) is 39.3 Å². The summed E-state index contributed by atoms with van der Waals surface area (Å²) >= 11 is 0. The highest BCUT2D eigenvalue weighted by molar-refractivity contribution is 7.91. The number of sulfone groups is 1. The summed E-state index contributed by atoms with van der Waals surface area (Å²) in [5, 5.41) is 8.84. The molecule has 2 aromatic heterocycles. The highest BCUT2D eigenvalue weighted by Gasteiger charge is 2.65. The summed E-state index contributed by atoms with van der Waals surface area (Å²) in [6.45, 7) is 8.26. The van der Waals surface area contributed by atoms with Crippen molar-refractivity contribution in [3.05, 3.63) is 71.1 Å². The molecule has 35 heavy (non-hydrogen) atoms. The van der Waals surface area contributed by atoms with E-state index in [0.717, 1.165) is 24.1 Å². The van der Waals surface area contributed by atoms with E-state index < -0.39 is 26.9 Å². The Morgan fingerprint density at radius 2 is 1.74 bits per heavy atom. The average molecular weight is 498 g/mol. The summed E-state index contributed by atoms with van der Waals surface area (Å²) in [6, 6.07) is 10.7. The second-order valence-corrected chi connectivity index (χ2v) is 12.8. The summed E-state index contributed by atoms with van der Waals surface area (Å²) < 4.78 is 55.0. The first-order valence-corrected chi connectivity index (χ1v) is 13.7. The monoisotopic (exact) mass is 497 g/mol. The fourth-order valence-electron chi connectivity index (χ4n) is 6.08. The highest BCUT2D eigenvalue weighted by atomic mass is 32.2. The molecule has 0 aliphatic heterocycles. The van der Waals surface area contributed by atoms with E-state index in [0.29, 0.717) is 12.1 Å². The van der Waals surface area contributed by atoms with Crippen LogP contribution in [0.1, 0.15) is 69.8 Å². The standard InChI is InChI=1S/C27H29F2N3O2S/c1-16(2)12-14-35(33,34)23-10-6-9-22(30-23)27-13-11-18(26(27,3)4)17-15-21(31-32-25(17)27)24-19(28)7-5-8-20(24)29/h5-10,15-16,18H,11-14H2,1-4H3/t18-,27-/m0/s1. The minimum Gasteiger partial charge on any atom is -0.240 e. The lowest BCUT2D eigenvalue weighted by Gasteiger charge is -2.37. The number of rotatable bonds is 6. The van der Waals surface area contributed by atoms with Gasteiger partial charge in [0, 0.05) is 0 Å². The first kappa shape index (κ1) is 24.0. The molecule has 5 rings (SSSR count). The molecule has 0 saturated heterocycles. The van der Waals surface area contributed by atoms with Crippen molar-refractivity contribution < 1.29 is 17.2 Å². The zero-order valence-corrected chi connectivity index (χ0v) is 21.2. The van der Waals surface area contributed by atoms with Gasteiger partial charge in [-0.3, -0.25) is 0 Å². The second kappa shape index (κ2) is 8.15. The number of nitrogens with zero attached hydrogens (tertiary/aromatic N) is 3. The van der Waals surface area contributed by atoms with Crippen LogP contribution in [0.5, 0.6) is 0 Å². The number of halogens is 2. The van der Waals surface area contributed by atoms with Gasteiger partial charge in [-0.1, -0.05) is 39.8 Å². The molecule has 2 aliphatic rings. The molecule has 5 nitrogen and oxygen atoms in total. The van der Waals surface area contributed by atoms with Crippen LogP contribution in [0.25, 0.3) is 11.3 Å². The Bertz CT molecular complexity index is 1400. The van der Waals surface area contributed by atoms with Crippen molar-refractivity contribution >= 4 is 9.84 Å². The molecule has 2 aliphatic carbocycles. The first-order chi connectivity index (χ1) is 16.5. The van der Waals surface area contributed by atoms with E-state index in [4.69, 9.17) is 4.98 Å². The molecule has 1 fully saturated rings. The Morgan fingerprint density at radius 3 is 2.43 bits per heavy atom. The molecular weight excluding hydrogens is 468 g/mol. The van der Waals surface area contributed by atoms with E-state index in [9.17, 15) is 17.2 Å². The fourth-order valence-corrected chi connectivity index (χ4v) is 7.59. The molecule has 1 saturated carbocycles.